The summed E-state index contributed by atoms with van der Waals surface area (Å²) < 4.78 is 5.22. The summed E-state index contributed by atoms with van der Waals surface area (Å²) in [6.07, 6.45) is 0. The second-order valence-electron chi connectivity index (χ2n) is 4.39. The minimum Gasteiger partial charge on any atom is -0.338 e. The lowest BCUT2D eigenvalue weighted by Gasteiger charge is -2.04. The molecule has 3 aromatic rings. The van der Waals surface area contributed by atoms with Gasteiger partial charge in [-0.25, -0.2) is 0 Å². The molecule has 0 spiro atoms. The number of Topliss-reactive ketones (excluding diaryl/α,β-unsaturated/α-hetero) is 1. The first-order valence-corrected chi connectivity index (χ1v) is 7.10. The van der Waals surface area contributed by atoms with Crippen LogP contribution in [0.4, 0.5) is 0 Å². The fourth-order valence-electron chi connectivity index (χ4n) is 1.88. The van der Waals surface area contributed by atoms with Crippen molar-refractivity contribution in [3.63, 3.8) is 0 Å². The van der Waals surface area contributed by atoms with E-state index in [9.17, 15) is 4.79 Å². The maximum Gasteiger partial charge on any atom is 0.237 e. The van der Waals surface area contributed by atoms with Crippen molar-refractivity contribution in [1.29, 1.82) is 0 Å². The third-order valence-corrected chi connectivity index (χ3v) is 3.87. The van der Waals surface area contributed by atoms with Crippen molar-refractivity contribution in [2.24, 2.45) is 0 Å². The van der Waals surface area contributed by atoms with E-state index >= 15 is 0 Å². The minimum absolute atomic E-state index is 0.0213. The summed E-state index contributed by atoms with van der Waals surface area (Å²) in [5, 5.41) is 5.88. The molecule has 5 heteroatoms. The average molecular weight is 284 g/mol. The van der Waals surface area contributed by atoms with Crippen LogP contribution in [0.5, 0.6) is 0 Å². The van der Waals surface area contributed by atoms with Crippen LogP contribution < -0.4 is 0 Å². The predicted octanol–water partition coefficient (Wildman–Crippen LogP) is 3.78. The van der Waals surface area contributed by atoms with Gasteiger partial charge >= 0.3 is 0 Å². The van der Waals surface area contributed by atoms with E-state index in [0.29, 0.717) is 17.3 Å². The Morgan fingerprint density at radius 3 is 2.70 bits per heavy atom. The van der Waals surface area contributed by atoms with Crippen molar-refractivity contribution in [2.75, 3.05) is 0 Å². The standard InChI is InChI=1S/C15H12N2O2S/c1-10(13(18)11-6-3-2-4-7-11)15-16-14(17-19-15)12-8-5-9-20-12/h2-10H,1H3. The smallest absolute Gasteiger partial charge is 0.237 e. The van der Waals surface area contributed by atoms with Crippen LogP contribution >= 0.6 is 11.3 Å². The first kappa shape index (κ1) is 12.7. The van der Waals surface area contributed by atoms with Crippen molar-refractivity contribution >= 4 is 17.1 Å². The number of aromatic nitrogens is 2. The van der Waals surface area contributed by atoms with Gasteiger partial charge in [-0.2, -0.15) is 4.98 Å². The summed E-state index contributed by atoms with van der Waals surface area (Å²) >= 11 is 1.54. The molecule has 0 fully saturated rings. The molecule has 3 rings (SSSR count). The Hall–Kier alpha value is -2.27. The molecule has 0 amide bonds. The molecule has 0 saturated carbocycles. The van der Waals surface area contributed by atoms with E-state index in [2.05, 4.69) is 10.1 Å². The maximum absolute atomic E-state index is 12.3. The first-order chi connectivity index (χ1) is 9.75. The van der Waals surface area contributed by atoms with Crippen LogP contribution in [0.2, 0.25) is 0 Å². The molecule has 1 unspecified atom stereocenters. The van der Waals surface area contributed by atoms with Gasteiger partial charge in [-0.1, -0.05) is 41.6 Å². The Bertz CT molecular complexity index is 705. The predicted molar refractivity (Wildman–Crippen MR) is 76.8 cm³/mol. The Morgan fingerprint density at radius 1 is 1.20 bits per heavy atom. The first-order valence-electron chi connectivity index (χ1n) is 6.22. The molecule has 0 aliphatic carbocycles. The van der Waals surface area contributed by atoms with Gasteiger partial charge in [-0.3, -0.25) is 4.79 Å². The van der Waals surface area contributed by atoms with Gasteiger partial charge in [-0.15, -0.1) is 11.3 Å². The summed E-state index contributed by atoms with van der Waals surface area (Å²) in [6, 6.07) is 13.0. The Morgan fingerprint density at radius 2 is 2.00 bits per heavy atom. The zero-order chi connectivity index (χ0) is 13.9. The zero-order valence-electron chi connectivity index (χ0n) is 10.8. The Kier molecular flexibility index (Phi) is 3.43. The van der Waals surface area contributed by atoms with E-state index in [4.69, 9.17) is 4.52 Å². The van der Waals surface area contributed by atoms with Crippen molar-refractivity contribution in [3.05, 3.63) is 59.3 Å². The van der Waals surface area contributed by atoms with Crippen LogP contribution in [0.1, 0.15) is 29.1 Å². The highest BCUT2D eigenvalue weighted by molar-refractivity contribution is 7.13. The van der Waals surface area contributed by atoms with E-state index in [-0.39, 0.29) is 5.78 Å². The van der Waals surface area contributed by atoms with Crippen molar-refractivity contribution in [3.8, 4) is 10.7 Å². The molecule has 100 valence electrons. The third-order valence-electron chi connectivity index (χ3n) is 3.01. The molecule has 0 aliphatic heterocycles. The van der Waals surface area contributed by atoms with Gasteiger partial charge in [0, 0.05) is 5.56 Å². The molecule has 1 aromatic carbocycles. The molecule has 0 saturated heterocycles. The van der Waals surface area contributed by atoms with Gasteiger partial charge in [0.2, 0.25) is 11.7 Å². The van der Waals surface area contributed by atoms with E-state index in [1.165, 1.54) is 11.3 Å². The Balaban J connectivity index is 1.84. The molecular weight excluding hydrogens is 272 g/mol. The van der Waals surface area contributed by atoms with Gasteiger partial charge in [0.25, 0.3) is 0 Å². The molecule has 1 atom stereocenters. The Labute approximate surface area is 120 Å². The minimum atomic E-state index is -0.446. The lowest BCUT2D eigenvalue weighted by molar-refractivity contribution is 0.0951. The molecule has 0 radical (unpaired) electrons. The van der Waals surface area contributed by atoms with Crippen molar-refractivity contribution < 1.29 is 9.32 Å². The highest BCUT2D eigenvalue weighted by Crippen LogP contribution is 2.25. The summed E-state index contributed by atoms with van der Waals surface area (Å²) in [5.74, 6) is 0.413. The largest absolute Gasteiger partial charge is 0.338 e. The van der Waals surface area contributed by atoms with Crippen LogP contribution in [0.3, 0.4) is 0 Å². The van der Waals surface area contributed by atoms with E-state index in [0.717, 1.165) is 4.88 Å². The van der Waals surface area contributed by atoms with Gasteiger partial charge < -0.3 is 4.52 Å². The van der Waals surface area contributed by atoms with Crippen molar-refractivity contribution in [2.45, 2.75) is 12.8 Å². The number of thiophene rings is 1. The van der Waals surface area contributed by atoms with Crippen LogP contribution in [-0.4, -0.2) is 15.9 Å². The molecule has 20 heavy (non-hydrogen) atoms. The average Bonchev–Trinajstić information content (AvgIpc) is 3.17. The summed E-state index contributed by atoms with van der Waals surface area (Å²) in [6.45, 7) is 1.78. The number of carbonyl (C=O) groups excluding carboxylic acids is 1. The second-order valence-corrected chi connectivity index (χ2v) is 5.33. The molecule has 2 aromatic heterocycles. The number of ketones is 1. The van der Waals surface area contributed by atoms with Gasteiger partial charge in [0.05, 0.1) is 10.8 Å². The number of hydrogen-bond donors (Lipinski definition) is 0. The molecule has 4 nitrogen and oxygen atoms in total. The molecule has 0 bridgehead atoms. The van der Waals surface area contributed by atoms with E-state index in [1.807, 2.05) is 35.7 Å². The van der Waals surface area contributed by atoms with Crippen LogP contribution in [0, 0.1) is 0 Å². The van der Waals surface area contributed by atoms with Gasteiger partial charge in [-0.05, 0) is 18.4 Å². The number of rotatable bonds is 4. The molecular formula is C15H12N2O2S. The number of carbonyl (C=O) groups is 1. The second kappa shape index (κ2) is 5.38. The normalized spacial score (nSPS) is 12.2. The van der Waals surface area contributed by atoms with Gasteiger partial charge in [0.1, 0.15) is 0 Å². The van der Waals surface area contributed by atoms with E-state index in [1.54, 1.807) is 19.1 Å². The summed E-state index contributed by atoms with van der Waals surface area (Å²) in [7, 11) is 0. The molecule has 0 aliphatic rings. The fourth-order valence-corrected chi connectivity index (χ4v) is 2.53. The zero-order valence-corrected chi connectivity index (χ0v) is 11.6. The fraction of sp³-hybridized carbons (Fsp3) is 0.133. The summed E-state index contributed by atoms with van der Waals surface area (Å²) in [4.78, 5) is 17.6. The highest BCUT2D eigenvalue weighted by Gasteiger charge is 2.23. The third kappa shape index (κ3) is 2.40. The SMILES string of the molecule is CC(C(=O)c1ccccc1)c1nc(-c2cccs2)no1. The number of nitrogens with zero attached hydrogens (tertiary/aromatic N) is 2. The topological polar surface area (TPSA) is 56.0 Å². The lowest BCUT2D eigenvalue weighted by atomic mass is 9.99. The van der Waals surface area contributed by atoms with Crippen molar-refractivity contribution in [1.82, 2.24) is 10.1 Å². The maximum atomic E-state index is 12.3. The molecule has 0 N–H and O–H groups in total. The number of hydrogen-bond acceptors (Lipinski definition) is 5. The van der Waals surface area contributed by atoms with E-state index < -0.39 is 5.92 Å². The number of benzene rings is 1. The summed E-state index contributed by atoms with van der Waals surface area (Å²) in [5.41, 5.74) is 0.649. The van der Waals surface area contributed by atoms with Crippen LogP contribution in [-0.2, 0) is 0 Å². The van der Waals surface area contributed by atoms with Crippen LogP contribution in [0.15, 0.2) is 52.4 Å². The molecule has 2 heterocycles. The lowest BCUT2D eigenvalue weighted by Crippen LogP contribution is -2.09. The van der Waals surface area contributed by atoms with Gasteiger partial charge in [0.15, 0.2) is 5.78 Å². The van der Waals surface area contributed by atoms with Crippen LogP contribution in [0.25, 0.3) is 10.7 Å². The monoisotopic (exact) mass is 284 g/mol. The highest BCUT2D eigenvalue weighted by atomic mass is 32.1. The quantitative estimate of drug-likeness (QED) is 0.684.